The van der Waals surface area contributed by atoms with Crippen molar-refractivity contribution in [2.24, 2.45) is 0 Å². The molecule has 2 aromatic rings. The summed E-state index contributed by atoms with van der Waals surface area (Å²) in [6.07, 6.45) is 3.08. The van der Waals surface area contributed by atoms with Crippen molar-refractivity contribution < 1.29 is 4.79 Å². The summed E-state index contributed by atoms with van der Waals surface area (Å²) >= 11 is 1.69. The first kappa shape index (κ1) is 12.1. The van der Waals surface area contributed by atoms with Crippen LogP contribution in [0.2, 0.25) is 0 Å². The van der Waals surface area contributed by atoms with Crippen LogP contribution < -0.4 is 0 Å². The molecular formula is C15H16OS. The molecule has 2 heteroatoms. The van der Waals surface area contributed by atoms with Gasteiger partial charge in [-0.3, -0.25) is 4.79 Å². The standard InChI is InChI=1S/C15H16OS/c16-15(9-7-14-10-11-17-12-14)8-6-13-4-2-1-3-5-13/h1-5,10-12H,6-9H2. The summed E-state index contributed by atoms with van der Waals surface area (Å²) < 4.78 is 0. The highest BCUT2D eigenvalue weighted by Gasteiger charge is 2.03. The van der Waals surface area contributed by atoms with Crippen LogP contribution in [-0.4, -0.2) is 5.78 Å². The average molecular weight is 244 g/mol. The Morgan fingerprint density at radius 3 is 2.29 bits per heavy atom. The van der Waals surface area contributed by atoms with E-state index in [0.717, 1.165) is 12.8 Å². The molecule has 88 valence electrons. The molecule has 17 heavy (non-hydrogen) atoms. The monoisotopic (exact) mass is 244 g/mol. The van der Waals surface area contributed by atoms with Crippen molar-refractivity contribution in [3.05, 3.63) is 58.3 Å². The Kier molecular flexibility index (Phi) is 4.51. The lowest BCUT2D eigenvalue weighted by atomic mass is 10.0. The lowest BCUT2D eigenvalue weighted by Gasteiger charge is -2.01. The molecule has 0 spiro atoms. The molecule has 0 atom stereocenters. The van der Waals surface area contributed by atoms with Gasteiger partial charge in [0.25, 0.3) is 0 Å². The van der Waals surface area contributed by atoms with Gasteiger partial charge in [-0.15, -0.1) is 0 Å². The minimum Gasteiger partial charge on any atom is -0.300 e. The second-order valence-electron chi connectivity index (χ2n) is 4.16. The van der Waals surface area contributed by atoms with Gasteiger partial charge in [0.1, 0.15) is 5.78 Å². The minimum atomic E-state index is 0.361. The van der Waals surface area contributed by atoms with E-state index in [0.29, 0.717) is 18.6 Å². The molecule has 0 amide bonds. The summed E-state index contributed by atoms with van der Waals surface area (Å²) in [5.74, 6) is 0.361. The number of carbonyl (C=O) groups excluding carboxylic acids is 1. The predicted molar refractivity (Wildman–Crippen MR) is 72.4 cm³/mol. The number of Topliss-reactive ketones (excluding diaryl/α,β-unsaturated/α-hetero) is 1. The van der Waals surface area contributed by atoms with Gasteiger partial charge in [-0.2, -0.15) is 11.3 Å². The number of ketones is 1. The summed E-state index contributed by atoms with van der Waals surface area (Å²) in [6.45, 7) is 0. The lowest BCUT2D eigenvalue weighted by molar-refractivity contribution is -0.119. The number of hydrogen-bond acceptors (Lipinski definition) is 2. The molecule has 1 heterocycles. The van der Waals surface area contributed by atoms with Crippen LogP contribution >= 0.6 is 11.3 Å². The normalized spacial score (nSPS) is 10.4. The third-order valence-corrected chi connectivity index (χ3v) is 3.54. The zero-order valence-corrected chi connectivity index (χ0v) is 10.6. The maximum Gasteiger partial charge on any atom is 0.133 e. The summed E-state index contributed by atoms with van der Waals surface area (Å²) in [7, 11) is 0. The minimum absolute atomic E-state index is 0.361. The van der Waals surface area contributed by atoms with E-state index in [1.807, 2.05) is 18.2 Å². The first-order chi connectivity index (χ1) is 8.34. The number of rotatable bonds is 6. The fraction of sp³-hybridized carbons (Fsp3) is 0.267. The van der Waals surface area contributed by atoms with Crippen molar-refractivity contribution in [2.45, 2.75) is 25.7 Å². The Morgan fingerprint density at radius 2 is 1.65 bits per heavy atom. The van der Waals surface area contributed by atoms with Crippen LogP contribution in [0.3, 0.4) is 0 Å². The fourth-order valence-electron chi connectivity index (χ4n) is 1.77. The van der Waals surface area contributed by atoms with E-state index in [9.17, 15) is 4.79 Å². The number of thiophene rings is 1. The van der Waals surface area contributed by atoms with Crippen LogP contribution in [0.15, 0.2) is 47.2 Å². The number of carbonyl (C=O) groups is 1. The molecule has 0 aliphatic rings. The van der Waals surface area contributed by atoms with Crippen molar-refractivity contribution in [1.29, 1.82) is 0 Å². The van der Waals surface area contributed by atoms with Gasteiger partial charge in [0.05, 0.1) is 0 Å². The molecule has 0 saturated heterocycles. The Balaban J connectivity index is 1.71. The van der Waals surface area contributed by atoms with Gasteiger partial charge in [0, 0.05) is 12.8 Å². The highest BCUT2D eigenvalue weighted by molar-refractivity contribution is 7.07. The van der Waals surface area contributed by atoms with Gasteiger partial charge in [0.15, 0.2) is 0 Å². The molecule has 1 nitrogen and oxygen atoms in total. The van der Waals surface area contributed by atoms with Gasteiger partial charge in [0.2, 0.25) is 0 Å². The van der Waals surface area contributed by atoms with Crippen molar-refractivity contribution in [1.82, 2.24) is 0 Å². The average Bonchev–Trinajstić information content (AvgIpc) is 2.88. The molecule has 0 aliphatic heterocycles. The zero-order valence-electron chi connectivity index (χ0n) is 9.76. The summed E-state index contributed by atoms with van der Waals surface area (Å²) in [6, 6.07) is 12.3. The Labute approximate surface area is 106 Å². The first-order valence-corrected chi connectivity index (χ1v) is 6.85. The molecule has 1 aromatic carbocycles. The molecule has 0 saturated carbocycles. The predicted octanol–water partition coefficient (Wildman–Crippen LogP) is 3.88. The SMILES string of the molecule is O=C(CCc1ccccc1)CCc1ccsc1. The number of hydrogen-bond donors (Lipinski definition) is 0. The topological polar surface area (TPSA) is 17.1 Å². The highest BCUT2D eigenvalue weighted by atomic mass is 32.1. The van der Waals surface area contributed by atoms with Crippen LogP contribution in [0.1, 0.15) is 24.0 Å². The molecule has 0 unspecified atom stereocenters. The van der Waals surface area contributed by atoms with E-state index in [-0.39, 0.29) is 0 Å². The first-order valence-electron chi connectivity index (χ1n) is 5.91. The molecule has 0 N–H and O–H groups in total. The van der Waals surface area contributed by atoms with Gasteiger partial charge in [-0.25, -0.2) is 0 Å². The molecule has 0 aliphatic carbocycles. The molecule has 0 radical (unpaired) electrons. The molecule has 2 rings (SSSR count). The largest absolute Gasteiger partial charge is 0.300 e. The Morgan fingerprint density at radius 1 is 0.941 bits per heavy atom. The van der Waals surface area contributed by atoms with Gasteiger partial charge < -0.3 is 0 Å². The zero-order chi connectivity index (χ0) is 11.9. The van der Waals surface area contributed by atoms with Crippen molar-refractivity contribution in [2.75, 3.05) is 0 Å². The molecule has 1 aromatic heterocycles. The van der Waals surface area contributed by atoms with E-state index in [2.05, 4.69) is 29.0 Å². The second-order valence-corrected chi connectivity index (χ2v) is 4.94. The molecule has 0 bridgehead atoms. The van der Waals surface area contributed by atoms with Crippen LogP contribution in [-0.2, 0) is 17.6 Å². The quantitative estimate of drug-likeness (QED) is 0.753. The Hall–Kier alpha value is -1.41. The van der Waals surface area contributed by atoms with Gasteiger partial charge in [-0.1, -0.05) is 30.3 Å². The number of benzene rings is 1. The number of aryl methyl sites for hydroxylation is 2. The third-order valence-electron chi connectivity index (χ3n) is 2.81. The van der Waals surface area contributed by atoms with Crippen LogP contribution in [0, 0.1) is 0 Å². The molecular weight excluding hydrogens is 228 g/mol. The van der Waals surface area contributed by atoms with Crippen LogP contribution in [0.5, 0.6) is 0 Å². The van der Waals surface area contributed by atoms with Crippen LogP contribution in [0.25, 0.3) is 0 Å². The van der Waals surface area contributed by atoms with Crippen LogP contribution in [0.4, 0.5) is 0 Å². The van der Waals surface area contributed by atoms with Gasteiger partial charge in [-0.05, 0) is 40.8 Å². The second kappa shape index (κ2) is 6.36. The van der Waals surface area contributed by atoms with Crippen molar-refractivity contribution in [3.63, 3.8) is 0 Å². The summed E-state index contributed by atoms with van der Waals surface area (Å²) in [4.78, 5) is 11.7. The maximum atomic E-state index is 11.7. The third kappa shape index (κ3) is 4.16. The van der Waals surface area contributed by atoms with Gasteiger partial charge >= 0.3 is 0 Å². The smallest absolute Gasteiger partial charge is 0.133 e. The Bertz CT molecular complexity index is 445. The summed E-state index contributed by atoms with van der Waals surface area (Å²) in [5.41, 5.74) is 2.53. The summed E-state index contributed by atoms with van der Waals surface area (Å²) in [5, 5.41) is 4.17. The van der Waals surface area contributed by atoms with E-state index < -0.39 is 0 Å². The van der Waals surface area contributed by atoms with E-state index >= 15 is 0 Å². The van der Waals surface area contributed by atoms with Crippen molar-refractivity contribution in [3.8, 4) is 0 Å². The molecule has 0 fully saturated rings. The highest BCUT2D eigenvalue weighted by Crippen LogP contribution is 2.10. The van der Waals surface area contributed by atoms with E-state index in [1.165, 1.54) is 11.1 Å². The lowest BCUT2D eigenvalue weighted by Crippen LogP contribution is -2.01. The van der Waals surface area contributed by atoms with E-state index in [1.54, 1.807) is 11.3 Å². The fourth-order valence-corrected chi connectivity index (χ4v) is 2.48. The van der Waals surface area contributed by atoms with E-state index in [4.69, 9.17) is 0 Å². The maximum absolute atomic E-state index is 11.7. The van der Waals surface area contributed by atoms with Crippen molar-refractivity contribution >= 4 is 17.1 Å².